The summed E-state index contributed by atoms with van der Waals surface area (Å²) >= 11 is 1.25. The van der Waals surface area contributed by atoms with E-state index >= 15 is 0 Å². The molecule has 0 unspecified atom stereocenters. The van der Waals surface area contributed by atoms with E-state index in [0.29, 0.717) is 23.4 Å². The molecule has 0 spiro atoms. The Hall–Kier alpha value is -2.61. The van der Waals surface area contributed by atoms with Crippen molar-refractivity contribution in [2.24, 2.45) is 5.92 Å². The van der Waals surface area contributed by atoms with Crippen LogP contribution in [-0.4, -0.2) is 11.6 Å². The molecule has 1 aliphatic rings. The maximum atomic E-state index is 13.4. The first-order chi connectivity index (χ1) is 13.4. The lowest BCUT2D eigenvalue weighted by Gasteiger charge is -2.15. The van der Waals surface area contributed by atoms with E-state index in [2.05, 4.69) is 10.3 Å². The van der Waals surface area contributed by atoms with Gasteiger partial charge in [-0.2, -0.15) is 13.2 Å². The molecule has 1 fully saturated rings. The highest BCUT2D eigenvalue weighted by Gasteiger charge is 2.35. The predicted octanol–water partition coefficient (Wildman–Crippen LogP) is 6.50. The van der Waals surface area contributed by atoms with Crippen molar-refractivity contribution in [3.63, 3.8) is 0 Å². The van der Waals surface area contributed by atoms with Crippen LogP contribution < -0.4 is 10.1 Å². The summed E-state index contributed by atoms with van der Waals surface area (Å²) in [6.45, 7) is 0.309. The number of halogens is 4. The lowest BCUT2D eigenvalue weighted by molar-refractivity contribution is -0.138. The Morgan fingerprint density at radius 2 is 1.86 bits per heavy atom. The number of rotatable bonds is 6. The van der Waals surface area contributed by atoms with E-state index in [1.165, 1.54) is 35.6 Å². The molecule has 0 saturated heterocycles. The molecular formula is C20H16F4N2OS. The van der Waals surface area contributed by atoms with Gasteiger partial charge in [0.1, 0.15) is 11.6 Å². The molecule has 1 heterocycles. The SMILES string of the molecule is Fc1ccc(-c2csc(Nc3ccc(OCC4CC4)c(C(F)(F)F)c3)n2)cc1. The second kappa shape index (κ2) is 7.43. The van der Waals surface area contributed by atoms with Gasteiger partial charge in [-0.05, 0) is 61.2 Å². The third-order valence-corrected chi connectivity index (χ3v) is 5.11. The molecule has 2 aromatic carbocycles. The van der Waals surface area contributed by atoms with Crippen molar-refractivity contribution >= 4 is 22.2 Å². The zero-order chi connectivity index (χ0) is 19.7. The Kier molecular flexibility index (Phi) is 4.97. The first-order valence-electron chi connectivity index (χ1n) is 8.71. The fourth-order valence-corrected chi connectivity index (χ4v) is 3.40. The van der Waals surface area contributed by atoms with Gasteiger partial charge in [0.05, 0.1) is 17.9 Å². The fraction of sp³-hybridized carbons (Fsp3) is 0.250. The van der Waals surface area contributed by atoms with Crippen LogP contribution in [0.3, 0.4) is 0 Å². The highest BCUT2D eigenvalue weighted by Crippen LogP contribution is 2.40. The number of aromatic nitrogens is 1. The molecule has 4 rings (SSSR count). The van der Waals surface area contributed by atoms with Crippen LogP contribution in [-0.2, 0) is 6.18 Å². The maximum Gasteiger partial charge on any atom is 0.420 e. The minimum Gasteiger partial charge on any atom is -0.493 e. The van der Waals surface area contributed by atoms with E-state index in [1.54, 1.807) is 17.5 Å². The van der Waals surface area contributed by atoms with Crippen LogP contribution in [0.4, 0.5) is 28.4 Å². The molecule has 0 atom stereocenters. The Morgan fingerprint density at radius 3 is 2.54 bits per heavy atom. The first kappa shape index (κ1) is 18.7. The number of benzene rings is 2. The van der Waals surface area contributed by atoms with Gasteiger partial charge in [0.25, 0.3) is 0 Å². The molecule has 0 bridgehead atoms. The van der Waals surface area contributed by atoms with Gasteiger partial charge in [-0.3, -0.25) is 0 Å². The summed E-state index contributed by atoms with van der Waals surface area (Å²) in [7, 11) is 0. The van der Waals surface area contributed by atoms with Crippen LogP contribution in [0.5, 0.6) is 5.75 Å². The van der Waals surface area contributed by atoms with E-state index in [0.717, 1.165) is 24.5 Å². The van der Waals surface area contributed by atoms with E-state index in [-0.39, 0.29) is 17.3 Å². The average molecular weight is 408 g/mol. The van der Waals surface area contributed by atoms with Crippen molar-refractivity contribution in [1.82, 2.24) is 4.98 Å². The molecule has 0 amide bonds. The van der Waals surface area contributed by atoms with Crippen LogP contribution in [0.15, 0.2) is 47.8 Å². The van der Waals surface area contributed by atoms with Crippen LogP contribution >= 0.6 is 11.3 Å². The van der Waals surface area contributed by atoms with E-state index in [4.69, 9.17) is 4.74 Å². The van der Waals surface area contributed by atoms with Crippen molar-refractivity contribution in [1.29, 1.82) is 0 Å². The van der Waals surface area contributed by atoms with Crippen molar-refractivity contribution in [3.8, 4) is 17.0 Å². The number of hydrogen-bond acceptors (Lipinski definition) is 4. The fourth-order valence-electron chi connectivity index (χ4n) is 2.66. The second-order valence-corrected chi connectivity index (χ2v) is 7.49. The van der Waals surface area contributed by atoms with Crippen LogP contribution in [0, 0.1) is 11.7 Å². The van der Waals surface area contributed by atoms with Crippen molar-refractivity contribution in [2.45, 2.75) is 19.0 Å². The van der Waals surface area contributed by atoms with Crippen LogP contribution in [0.25, 0.3) is 11.3 Å². The quantitative estimate of drug-likeness (QED) is 0.473. The highest BCUT2D eigenvalue weighted by molar-refractivity contribution is 7.14. The molecule has 0 aliphatic heterocycles. The summed E-state index contributed by atoms with van der Waals surface area (Å²) in [5.41, 5.74) is 0.804. The van der Waals surface area contributed by atoms with Crippen LogP contribution in [0.1, 0.15) is 18.4 Å². The molecule has 8 heteroatoms. The van der Waals surface area contributed by atoms with Gasteiger partial charge in [0.2, 0.25) is 0 Å². The van der Waals surface area contributed by atoms with Gasteiger partial charge >= 0.3 is 6.18 Å². The minimum atomic E-state index is -4.52. The average Bonchev–Trinajstić information content (AvgIpc) is 3.38. The Bertz CT molecular complexity index is 965. The van der Waals surface area contributed by atoms with Gasteiger partial charge in [0.15, 0.2) is 5.13 Å². The van der Waals surface area contributed by atoms with Gasteiger partial charge in [-0.25, -0.2) is 9.37 Å². The molecule has 1 aromatic heterocycles. The molecule has 0 radical (unpaired) electrons. The number of anilines is 2. The Balaban J connectivity index is 1.53. The summed E-state index contributed by atoms with van der Waals surface area (Å²) in [5.74, 6) is -0.142. The summed E-state index contributed by atoms with van der Waals surface area (Å²) < 4.78 is 58.6. The summed E-state index contributed by atoms with van der Waals surface area (Å²) in [4.78, 5) is 4.36. The van der Waals surface area contributed by atoms with Gasteiger partial charge in [-0.15, -0.1) is 11.3 Å². The molecule has 28 heavy (non-hydrogen) atoms. The minimum absolute atomic E-state index is 0.156. The van der Waals surface area contributed by atoms with E-state index in [1.807, 2.05) is 0 Å². The Morgan fingerprint density at radius 1 is 1.11 bits per heavy atom. The summed E-state index contributed by atoms with van der Waals surface area (Å²) in [5, 5.41) is 5.10. The molecular weight excluding hydrogens is 392 g/mol. The van der Waals surface area contributed by atoms with Gasteiger partial charge in [0, 0.05) is 16.6 Å². The molecule has 146 valence electrons. The van der Waals surface area contributed by atoms with Gasteiger partial charge < -0.3 is 10.1 Å². The maximum absolute atomic E-state index is 13.4. The predicted molar refractivity (Wildman–Crippen MR) is 100 cm³/mol. The number of thiazole rings is 1. The molecule has 1 N–H and O–H groups in total. The monoisotopic (exact) mass is 408 g/mol. The second-order valence-electron chi connectivity index (χ2n) is 6.63. The lowest BCUT2D eigenvalue weighted by atomic mass is 10.1. The lowest BCUT2D eigenvalue weighted by Crippen LogP contribution is -2.10. The zero-order valence-electron chi connectivity index (χ0n) is 14.6. The molecule has 1 aliphatic carbocycles. The third-order valence-electron chi connectivity index (χ3n) is 4.35. The van der Waals surface area contributed by atoms with Crippen molar-refractivity contribution in [2.75, 3.05) is 11.9 Å². The summed E-state index contributed by atoms with van der Waals surface area (Å²) in [6.07, 6.45) is -2.51. The number of hydrogen-bond donors (Lipinski definition) is 1. The smallest absolute Gasteiger partial charge is 0.420 e. The number of nitrogens with one attached hydrogen (secondary N) is 1. The first-order valence-corrected chi connectivity index (χ1v) is 9.59. The summed E-state index contributed by atoms with van der Waals surface area (Å²) in [6, 6.07) is 9.76. The van der Waals surface area contributed by atoms with E-state index in [9.17, 15) is 17.6 Å². The Labute approximate surface area is 163 Å². The number of nitrogens with zero attached hydrogens (tertiary/aromatic N) is 1. The standard InChI is InChI=1S/C20H16F4N2OS/c21-14-5-3-13(4-6-14)17-11-28-19(26-17)25-15-7-8-18(27-10-12-1-2-12)16(9-15)20(22,23)24/h3-9,11-12H,1-2,10H2,(H,25,26). The molecule has 3 aromatic rings. The number of alkyl halides is 3. The topological polar surface area (TPSA) is 34.1 Å². The largest absolute Gasteiger partial charge is 0.493 e. The highest BCUT2D eigenvalue weighted by atomic mass is 32.1. The van der Waals surface area contributed by atoms with Crippen molar-refractivity contribution in [3.05, 3.63) is 59.2 Å². The normalized spacial score (nSPS) is 14.1. The zero-order valence-corrected chi connectivity index (χ0v) is 15.4. The van der Waals surface area contributed by atoms with E-state index < -0.39 is 11.7 Å². The number of ether oxygens (including phenoxy) is 1. The van der Waals surface area contributed by atoms with Gasteiger partial charge in [-0.1, -0.05) is 0 Å². The third kappa shape index (κ3) is 4.44. The van der Waals surface area contributed by atoms with Crippen LogP contribution in [0.2, 0.25) is 0 Å². The molecule has 1 saturated carbocycles. The van der Waals surface area contributed by atoms with Crippen molar-refractivity contribution < 1.29 is 22.3 Å². The molecule has 3 nitrogen and oxygen atoms in total.